The summed E-state index contributed by atoms with van der Waals surface area (Å²) in [5.74, 6) is -1.19. The molecule has 0 aromatic carbocycles. The standard InChI is InChI=1S/C9H4Br2N4O4/c10-5-3-12-8(7(11)13-5)14-9(16)4-1-2-6(19-4)15(17)18/h1-3H,(H,12,14,16). The highest BCUT2D eigenvalue weighted by Crippen LogP contribution is 2.21. The molecule has 0 aliphatic rings. The van der Waals surface area contributed by atoms with E-state index in [0.29, 0.717) is 9.21 Å². The molecule has 10 heteroatoms. The van der Waals surface area contributed by atoms with E-state index in [1.807, 2.05) is 0 Å². The summed E-state index contributed by atoms with van der Waals surface area (Å²) in [6, 6.07) is 2.30. The Bertz CT molecular complexity index is 657. The summed E-state index contributed by atoms with van der Waals surface area (Å²) < 4.78 is 5.57. The molecule has 0 unspecified atom stereocenters. The smallest absolute Gasteiger partial charge is 0.395 e. The SMILES string of the molecule is O=C(Nc1ncc(Br)nc1Br)c1ccc([N+](=O)[O-])o1. The summed E-state index contributed by atoms with van der Waals surface area (Å²) in [7, 11) is 0. The van der Waals surface area contributed by atoms with Crippen molar-refractivity contribution in [3.05, 3.63) is 43.4 Å². The number of aromatic nitrogens is 2. The summed E-state index contributed by atoms with van der Waals surface area (Å²) >= 11 is 6.24. The van der Waals surface area contributed by atoms with Crippen LogP contribution in [-0.4, -0.2) is 20.8 Å². The van der Waals surface area contributed by atoms with Gasteiger partial charge in [0.2, 0.25) is 0 Å². The van der Waals surface area contributed by atoms with Crippen molar-refractivity contribution in [2.75, 3.05) is 5.32 Å². The topological polar surface area (TPSA) is 111 Å². The maximum absolute atomic E-state index is 11.8. The molecule has 2 aromatic rings. The first kappa shape index (κ1) is 13.6. The number of furan rings is 1. The Hall–Kier alpha value is -1.81. The van der Waals surface area contributed by atoms with Gasteiger partial charge in [-0.1, -0.05) is 0 Å². The molecule has 0 saturated heterocycles. The molecule has 1 N–H and O–H groups in total. The molecule has 0 aliphatic carbocycles. The zero-order valence-corrected chi connectivity index (χ0v) is 12.1. The molecule has 0 spiro atoms. The van der Waals surface area contributed by atoms with E-state index in [1.54, 1.807) is 0 Å². The van der Waals surface area contributed by atoms with Crippen LogP contribution in [0.3, 0.4) is 0 Å². The number of anilines is 1. The van der Waals surface area contributed by atoms with Crippen LogP contribution in [0.5, 0.6) is 0 Å². The Morgan fingerprint density at radius 1 is 1.42 bits per heavy atom. The summed E-state index contributed by atoms with van der Waals surface area (Å²) in [5, 5.41) is 12.8. The van der Waals surface area contributed by atoms with Crippen LogP contribution in [-0.2, 0) is 0 Å². The Balaban J connectivity index is 2.18. The molecule has 0 radical (unpaired) electrons. The first-order chi connectivity index (χ1) is 8.97. The minimum Gasteiger partial charge on any atom is -0.395 e. The van der Waals surface area contributed by atoms with E-state index in [1.165, 1.54) is 12.3 Å². The van der Waals surface area contributed by atoms with Gasteiger partial charge in [0.15, 0.2) is 11.6 Å². The van der Waals surface area contributed by atoms with Gasteiger partial charge in [-0.05, 0) is 37.9 Å². The third kappa shape index (κ3) is 3.15. The van der Waals surface area contributed by atoms with Crippen molar-refractivity contribution in [2.24, 2.45) is 0 Å². The number of carbonyl (C=O) groups is 1. The van der Waals surface area contributed by atoms with Gasteiger partial charge in [0.1, 0.15) is 14.1 Å². The van der Waals surface area contributed by atoms with Crippen LogP contribution in [0.25, 0.3) is 0 Å². The third-order valence-corrected chi connectivity index (χ3v) is 2.86. The summed E-state index contributed by atoms with van der Waals surface area (Å²) in [6.45, 7) is 0. The number of halogens is 2. The number of rotatable bonds is 3. The lowest BCUT2D eigenvalue weighted by Gasteiger charge is -2.03. The Kier molecular flexibility index (Phi) is 3.90. The van der Waals surface area contributed by atoms with Crippen LogP contribution in [0.4, 0.5) is 11.7 Å². The van der Waals surface area contributed by atoms with Crippen molar-refractivity contribution < 1.29 is 14.1 Å². The number of amides is 1. The lowest BCUT2D eigenvalue weighted by Crippen LogP contribution is -2.13. The zero-order chi connectivity index (χ0) is 14.0. The number of nitrogens with one attached hydrogen (secondary N) is 1. The van der Waals surface area contributed by atoms with Crippen molar-refractivity contribution >= 4 is 49.5 Å². The van der Waals surface area contributed by atoms with Gasteiger partial charge in [0.05, 0.1) is 12.3 Å². The van der Waals surface area contributed by atoms with E-state index in [9.17, 15) is 14.9 Å². The van der Waals surface area contributed by atoms with Crippen LogP contribution in [0.2, 0.25) is 0 Å². The van der Waals surface area contributed by atoms with Crippen molar-refractivity contribution in [3.8, 4) is 0 Å². The maximum atomic E-state index is 11.8. The minimum absolute atomic E-state index is 0.173. The van der Waals surface area contributed by atoms with E-state index in [2.05, 4.69) is 47.1 Å². The number of hydrogen-bond acceptors (Lipinski definition) is 6. The monoisotopic (exact) mass is 390 g/mol. The average Bonchev–Trinajstić information content (AvgIpc) is 2.82. The quantitative estimate of drug-likeness (QED) is 0.636. The Morgan fingerprint density at radius 2 is 2.16 bits per heavy atom. The Morgan fingerprint density at radius 3 is 2.74 bits per heavy atom. The third-order valence-electron chi connectivity index (χ3n) is 1.93. The lowest BCUT2D eigenvalue weighted by atomic mass is 10.4. The lowest BCUT2D eigenvalue weighted by molar-refractivity contribution is -0.402. The molecule has 98 valence electrons. The second-order valence-electron chi connectivity index (χ2n) is 3.18. The maximum Gasteiger partial charge on any atom is 0.433 e. The van der Waals surface area contributed by atoms with Gasteiger partial charge in [0, 0.05) is 0 Å². The molecule has 2 rings (SSSR count). The number of hydrogen-bond donors (Lipinski definition) is 1. The molecule has 0 bridgehead atoms. The molecule has 0 saturated carbocycles. The van der Waals surface area contributed by atoms with Crippen molar-refractivity contribution in [1.82, 2.24) is 9.97 Å². The van der Waals surface area contributed by atoms with Crippen molar-refractivity contribution in [3.63, 3.8) is 0 Å². The fourth-order valence-corrected chi connectivity index (χ4v) is 2.06. The molecule has 2 aromatic heterocycles. The molecule has 19 heavy (non-hydrogen) atoms. The fraction of sp³-hybridized carbons (Fsp3) is 0. The average molecular weight is 392 g/mol. The number of nitro groups is 1. The van der Waals surface area contributed by atoms with Gasteiger partial charge in [-0.15, -0.1) is 0 Å². The molecule has 8 nitrogen and oxygen atoms in total. The first-order valence-electron chi connectivity index (χ1n) is 4.71. The second-order valence-corrected chi connectivity index (χ2v) is 4.74. The molecular weight excluding hydrogens is 388 g/mol. The molecule has 0 fully saturated rings. The van der Waals surface area contributed by atoms with Gasteiger partial charge in [-0.3, -0.25) is 14.9 Å². The molecule has 0 aliphatic heterocycles. The highest BCUT2D eigenvalue weighted by atomic mass is 79.9. The summed E-state index contributed by atoms with van der Waals surface area (Å²) in [6.07, 6.45) is 1.39. The molecule has 2 heterocycles. The minimum atomic E-state index is -0.730. The summed E-state index contributed by atoms with van der Waals surface area (Å²) in [5.41, 5.74) is 0. The largest absolute Gasteiger partial charge is 0.433 e. The number of carbonyl (C=O) groups excluding carboxylic acids is 1. The van der Waals surface area contributed by atoms with Crippen LogP contribution < -0.4 is 5.32 Å². The van der Waals surface area contributed by atoms with Crippen LogP contribution in [0.1, 0.15) is 10.6 Å². The van der Waals surface area contributed by atoms with E-state index in [-0.39, 0.29) is 11.6 Å². The molecule has 0 atom stereocenters. The van der Waals surface area contributed by atoms with Gasteiger partial charge < -0.3 is 9.73 Å². The van der Waals surface area contributed by atoms with Gasteiger partial charge in [-0.2, -0.15) is 0 Å². The molecular formula is C9H4Br2N4O4. The van der Waals surface area contributed by atoms with E-state index in [4.69, 9.17) is 4.42 Å². The predicted octanol–water partition coefficient (Wildman–Crippen LogP) is 2.76. The van der Waals surface area contributed by atoms with Gasteiger partial charge in [0.25, 0.3) is 5.91 Å². The van der Waals surface area contributed by atoms with Crippen molar-refractivity contribution in [1.29, 1.82) is 0 Å². The highest BCUT2D eigenvalue weighted by molar-refractivity contribution is 9.11. The zero-order valence-electron chi connectivity index (χ0n) is 8.96. The fourth-order valence-electron chi connectivity index (χ4n) is 1.15. The second kappa shape index (κ2) is 5.45. The Labute approximate surface area is 122 Å². The van der Waals surface area contributed by atoms with E-state index < -0.39 is 16.7 Å². The highest BCUT2D eigenvalue weighted by Gasteiger charge is 2.18. The van der Waals surface area contributed by atoms with E-state index >= 15 is 0 Å². The van der Waals surface area contributed by atoms with Crippen LogP contribution in [0, 0.1) is 10.1 Å². The first-order valence-corrected chi connectivity index (χ1v) is 6.29. The van der Waals surface area contributed by atoms with Crippen LogP contribution >= 0.6 is 31.9 Å². The van der Waals surface area contributed by atoms with Gasteiger partial charge in [-0.25, -0.2) is 9.97 Å². The predicted molar refractivity (Wildman–Crippen MR) is 70.7 cm³/mol. The summed E-state index contributed by atoms with van der Waals surface area (Å²) in [4.78, 5) is 29.4. The van der Waals surface area contributed by atoms with Crippen molar-refractivity contribution in [2.45, 2.75) is 0 Å². The normalized spacial score (nSPS) is 10.2. The molecule has 1 amide bonds. The van der Waals surface area contributed by atoms with E-state index in [0.717, 1.165) is 6.07 Å². The van der Waals surface area contributed by atoms with Crippen LogP contribution in [0.15, 0.2) is 32.0 Å². The van der Waals surface area contributed by atoms with Gasteiger partial charge >= 0.3 is 5.88 Å². The number of nitrogens with zero attached hydrogens (tertiary/aromatic N) is 3.